The molecule has 0 aromatic carbocycles. The molecular weight excluding hydrogens is 272 g/mol. The van der Waals surface area contributed by atoms with Crippen molar-refractivity contribution in [1.82, 2.24) is 15.3 Å². The Balaban J connectivity index is 2.80. The summed E-state index contributed by atoms with van der Waals surface area (Å²) in [6.07, 6.45) is 1.89. The Hall–Kier alpha value is -1.01. The van der Waals surface area contributed by atoms with Crippen LogP contribution in [0, 0.1) is 5.92 Å². The number of nitrogens with zero attached hydrogens (tertiary/aromatic N) is 3. The van der Waals surface area contributed by atoms with Crippen molar-refractivity contribution < 1.29 is 4.79 Å². The van der Waals surface area contributed by atoms with E-state index in [0.717, 1.165) is 5.82 Å². The molecular formula is C11H17ClN4OS. The minimum absolute atomic E-state index is 0.00657. The Labute approximate surface area is 116 Å². The molecule has 0 spiro atoms. The van der Waals surface area contributed by atoms with Crippen LogP contribution in [0.5, 0.6) is 0 Å². The topological polar surface area (TPSA) is 58.1 Å². The van der Waals surface area contributed by atoms with Crippen molar-refractivity contribution in [3.8, 4) is 0 Å². The van der Waals surface area contributed by atoms with E-state index in [1.54, 1.807) is 13.1 Å². The van der Waals surface area contributed by atoms with Crippen LogP contribution in [-0.4, -0.2) is 42.8 Å². The van der Waals surface area contributed by atoms with E-state index < -0.39 is 0 Å². The number of thioether (sulfide) groups is 1. The first kappa shape index (κ1) is 15.0. The SMILES string of the molecule is CNC(=O)C(C)CN(C)c1cc(Cl)nc(SC)n1. The summed E-state index contributed by atoms with van der Waals surface area (Å²) < 4.78 is 0. The summed E-state index contributed by atoms with van der Waals surface area (Å²) in [5.41, 5.74) is 0. The number of carbonyl (C=O) groups is 1. The molecule has 1 aromatic heterocycles. The molecule has 0 saturated carbocycles. The first-order valence-electron chi connectivity index (χ1n) is 5.49. The first-order valence-corrected chi connectivity index (χ1v) is 7.09. The zero-order valence-corrected chi connectivity index (χ0v) is 12.5. The van der Waals surface area contributed by atoms with Crippen LogP contribution in [0.3, 0.4) is 0 Å². The summed E-state index contributed by atoms with van der Waals surface area (Å²) >= 11 is 7.36. The molecule has 0 fully saturated rings. The molecule has 0 aliphatic heterocycles. The largest absolute Gasteiger partial charge is 0.359 e. The van der Waals surface area contributed by atoms with Gasteiger partial charge in [0.05, 0.1) is 5.92 Å². The highest BCUT2D eigenvalue weighted by Crippen LogP contribution is 2.20. The summed E-state index contributed by atoms with van der Waals surface area (Å²) in [4.78, 5) is 21.8. The smallest absolute Gasteiger partial charge is 0.224 e. The first-order chi connectivity index (χ1) is 8.47. The summed E-state index contributed by atoms with van der Waals surface area (Å²) in [5.74, 6) is 0.605. The van der Waals surface area contributed by atoms with E-state index >= 15 is 0 Å². The lowest BCUT2D eigenvalue weighted by Crippen LogP contribution is -2.34. The van der Waals surface area contributed by atoms with Crippen molar-refractivity contribution in [3.63, 3.8) is 0 Å². The molecule has 5 nitrogen and oxygen atoms in total. The molecule has 100 valence electrons. The molecule has 0 saturated heterocycles. The van der Waals surface area contributed by atoms with Crippen molar-refractivity contribution in [2.75, 3.05) is 31.8 Å². The molecule has 1 amide bonds. The monoisotopic (exact) mass is 288 g/mol. The molecule has 0 radical (unpaired) electrons. The van der Waals surface area contributed by atoms with Gasteiger partial charge in [-0.1, -0.05) is 30.3 Å². The van der Waals surface area contributed by atoms with Crippen LogP contribution in [0.2, 0.25) is 5.15 Å². The van der Waals surface area contributed by atoms with Crippen LogP contribution in [0.1, 0.15) is 6.92 Å². The van der Waals surface area contributed by atoms with Gasteiger partial charge in [-0.2, -0.15) is 0 Å². The lowest BCUT2D eigenvalue weighted by atomic mass is 10.1. The van der Waals surface area contributed by atoms with E-state index in [-0.39, 0.29) is 11.8 Å². The Morgan fingerprint density at radius 1 is 1.61 bits per heavy atom. The van der Waals surface area contributed by atoms with Gasteiger partial charge in [-0.25, -0.2) is 9.97 Å². The fourth-order valence-corrected chi connectivity index (χ4v) is 2.11. The Morgan fingerprint density at radius 2 is 2.28 bits per heavy atom. The van der Waals surface area contributed by atoms with Gasteiger partial charge in [-0.3, -0.25) is 4.79 Å². The minimum atomic E-state index is -0.119. The maximum Gasteiger partial charge on any atom is 0.224 e. The highest BCUT2D eigenvalue weighted by Gasteiger charge is 2.15. The zero-order chi connectivity index (χ0) is 13.7. The van der Waals surface area contributed by atoms with E-state index in [2.05, 4.69) is 15.3 Å². The van der Waals surface area contributed by atoms with Gasteiger partial charge in [0.2, 0.25) is 5.91 Å². The second-order valence-corrected chi connectivity index (χ2v) is 5.09. The predicted molar refractivity (Wildman–Crippen MR) is 75.3 cm³/mol. The van der Waals surface area contributed by atoms with Gasteiger partial charge in [0.15, 0.2) is 5.16 Å². The maximum absolute atomic E-state index is 11.5. The van der Waals surface area contributed by atoms with E-state index in [9.17, 15) is 4.79 Å². The second-order valence-electron chi connectivity index (χ2n) is 3.93. The van der Waals surface area contributed by atoms with Gasteiger partial charge in [0.25, 0.3) is 0 Å². The van der Waals surface area contributed by atoms with E-state index in [0.29, 0.717) is 16.9 Å². The van der Waals surface area contributed by atoms with Crippen LogP contribution in [0.25, 0.3) is 0 Å². The molecule has 1 N–H and O–H groups in total. The fraction of sp³-hybridized carbons (Fsp3) is 0.545. The lowest BCUT2D eigenvalue weighted by Gasteiger charge is -2.21. The predicted octanol–water partition coefficient (Wildman–Crippen LogP) is 1.67. The number of nitrogens with one attached hydrogen (secondary N) is 1. The highest BCUT2D eigenvalue weighted by molar-refractivity contribution is 7.98. The third kappa shape index (κ3) is 4.03. The van der Waals surface area contributed by atoms with Crippen LogP contribution in [-0.2, 0) is 4.79 Å². The Bertz CT molecular complexity index is 430. The van der Waals surface area contributed by atoms with Crippen LogP contribution in [0.4, 0.5) is 5.82 Å². The van der Waals surface area contributed by atoms with E-state index in [1.165, 1.54) is 11.8 Å². The number of carbonyl (C=O) groups excluding carboxylic acids is 1. The average Bonchev–Trinajstić information content (AvgIpc) is 2.36. The normalized spacial score (nSPS) is 12.1. The van der Waals surface area contributed by atoms with Crippen molar-refractivity contribution in [3.05, 3.63) is 11.2 Å². The van der Waals surface area contributed by atoms with Crippen LogP contribution < -0.4 is 10.2 Å². The molecule has 0 bridgehead atoms. The lowest BCUT2D eigenvalue weighted by molar-refractivity contribution is -0.123. The van der Waals surface area contributed by atoms with Crippen molar-refractivity contribution >= 4 is 35.1 Å². The molecule has 1 aromatic rings. The van der Waals surface area contributed by atoms with Crippen LogP contribution in [0.15, 0.2) is 11.2 Å². The van der Waals surface area contributed by atoms with E-state index in [4.69, 9.17) is 11.6 Å². The quantitative estimate of drug-likeness (QED) is 0.507. The summed E-state index contributed by atoms with van der Waals surface area (Å²) in [6.45, 7) is 2.44. The van der Waals surface area contributed by atoms with Gasteiger partial charge >= 0.3 is 0 Å². The van der Waals surface area contributed by atoms with E-state index in [1.807, 2.05) is 25.1 Å². The third-order valence-corrected chi connectivity index (χ3v) is 3.22. The standard InChI is InChI=1S/C11H17ClN4OS/c1-7(10(17)13-2)6-16(3)9-5-8(12)14-11(15-9)18-4/h5,7H,6H2,1-4H3,(H,13,17). The van der Waals surface area contributed by atoms with Crippen molar-refractivity contribution in [2.24, 2.45) is 5.92 Å². The highest BCUT2D eigenvalue weighted by atomic mass is 35.5. The number of hydrogen-bond acceptors (Lipinski definition) is 5. The molecule has 1 heterocycles. The molecule has 18 heavy (non-hydrogen) atoms. The van der Waals surface area contributed by atoms with Crippen molar-refractivity contribution in [1.29, 1.82) is 0 Å². The van der Waals surface area contributed by atoms with Crippen molar-refractivity contribution in [2.45, 2.75) is 12.1 Å². The van der Waals surface area contributed by atoms with Gasteiger partial charge in [-0.15, -0.1) is 0 Å². The number of aromatic nitrogens is 2. The second kappa shape index (κ2) is 6.80. The molecule has 1 rings (SSSR count). The fourth-order valence-electron chi connectivity index (χ4n) is 1.51. The Morgan fingerprint density at radius 3 is 2.83 bits per heavy atom. The van der Waals surface area contributed by atoms with Gasteiger partial charge in [-0.05, 0) is 6.26 Å². The molecule has 1 unspecified atom stereocenters. The summed E-state index contributed by atoms with van der Waals surface area (Å²) in [6, 6.07) is 1.69. The van der Waals surface area contributed by atoms with Crippen LogP contribution >= 0.6 is 23.4 Å². The number of hydrogen-bond donors (Lipinski definition) is 1. The third-order valence-electron chi connectivity index (χ3n) is 2.48. The minimum Gasteiger partial charge on any atom is -0.359 e. The van der Waals surface area contributed by atoms with Gasteiger partial charge < -0.3 is 10.2 Å². The molecule has 1 atom stereocenters. The maximum atomic E-state index is 11.5. The summed E-state index contributed by atoms with van der Waals surface area (Å²) in [5, 5.41) is 3.66. The number of anilines is 1. The number of amides is 1. The average molecular weight is 289 g/mol. The van der Waals surface area contributed by atoms with Gasteiger partial charge in [0.1, 0.15) is 11.0 Å². The molecule has 7 heteroatoms. The summed E-state index contributed by atoms with van der Waals surface area (Å²) in [7, 11) is 3.51. The Kier molecular flexibility index (Phi) is 5.68. The number of rotatable bonds is 5. The molecule has 0 aliphatic rings. The van der Waals surface area contributed by atoms with Gasteiger partial charge in [0, 0.05) is 26.7 Å². The molecule has 0 aliphatic carbocycles. The number of halogens is 1. The zero-order valence-electron chi connectivity index (χ0n) is 10.9.